The number of piperidine rings is 1. The van der Waals surface area contributed by atoms with E-state index >= 15 is 0 Å². The smallest absolute Gasteiger partial charge is 0.281 e. The van der Waals surface area contributed by atoms with E-state index in [0.29, 0.717) is 31.6 Å². The number of hydrogen-bond donors (Lipinski definition) is 1. The topological polar surface area (TPSA) is 82.9 Å². The van der Waals surface area contributed by atoms with Gasteiger partial charge in [-0.3, -0.25) is 4.79 Å². The average Bonchev–Trinajstić information content (AvgIpc) is 3.16. The van der Waals surface area contributed by atoms with Gasteiger partial charge in [0.05, 0.1) is 6.26 Å². The molecule has 8 heteroatoms. The van der Waals surface area contributed by atoms with Crippen molar-refractivity contribution in [1.29, 1.82) is 0 Å². The lowest BCUT2D eigenvalue weighted by molar-refractivity contribution is -0.120. The number of carbonyl (C=O) groups is 1. The Balaban J connectivity index is 1.61. The highest BCUT2D eigenvalue weighted by molar-refractivity contribution is 7.86. The molecule has 0 atom stereocenters. The van der Waals surface area contributed by atoms with Gasteiger partial charge in [0, 0.05) is 44.4 Å². The Labute approximate surface area is 153 Å². The van der Waals surface area contributed by atoms with Crippen LogP contribution in [0.1, 0.15) is 12.8 Å². The number of amides is 1. The Kier molecular flexibility index (Phi) is 5.45. The summed E-state index contributed by atoms with van der Waals surface area (Å²) in [5.41, 5.74) is 1.59. The molecule has 0 bridgehead atoms. The van der Waals surface area contributed by atoms with E-state index in [1.807, 2.05) is 36.4 Å². The Morgan fingerprint density at radius 1 is 1.19 bits per heavy atom. The first-order chi connectivity index (χ1) is 12.4. The van der Waals surface area contributed by atoms with E-state index in [1.54, 1.807) is 6.26 Å². The van der Waals surface area contributed by atoms with Crippen molar-refractivity contribution in [1.82, 2.24) is 8.61 Å². The number of rotatable bonds is 5. The summed E-state index contributed by atoms with van der Waals surface area (Å²) in [5.74, 6) is 0.461. The molecule has 1 N–H and O–H groups in total. The molecule has 1 aromatic heterocycles. The van der Waals surface area contributed by atoms with Gasteiger partial charge in [0.1, 0.15) is 5.76 Å². The first kappa shape index (κ1) is 18.6. The molecule has 26 heavy (non-hydrogen) atoms. The lowest BCUT2D eigenvalue weighted by atomic mass is 9.97. The van der Waals surface area contributed by atoms with Gasteiger partial charge in [-0.1, -0.05) is 12.1 Å². The molecule has 3 rings (SSSR count). The third-order valence-electron chi connectivity index (χ3n) is 4.55. The summed E-state index contributed by atoms with van der Waals surface area (Å²) in [7, 11) is -0.386. The van der Waals surface area contributed by atoms with Crippen LogP contribution in [0.25, 0.3) is 11.3 Å². The predicted octanol–water partition coefficient (Wildman–Crippen LogP) is 2.40. The van der Waals surface area contributed by atoms with E-state index in [0.717, 1.165) is 11.3 Å². The van der Waals surface area contributed by atoms with Gasteiger partial charge in [0.25, 0.3) is 10.2 Å². The summed E-state index contributed by atoms with van der Waals surface area (Å²) in [6.07, 6.45) is 2.63. The lowest BCUT2D eigenvalue weighted by Gasteiger charge is -2.32. The molecule has 0 unspecified atom stereocenters. The number of hydrogen-bond acceptors (Lipinski definition) is 4. The third-order valence-corrected chi connectivity index (χ3v) is 6.49. The fourth-order valence-corrected chi connectivity index (χ4v) is 4.15. The zero-order chi connectivity index (χ0) is 18.7. The van der Waals surface area contributed by atoms with Gasteiger partial charge in [-0.25, -0.2) is 0 Å². The molecule has 2 heterocycles. The summed E-state index contributed by atoms with van der Waals surface area (Å²) in [5, 5.41) is 2.93. The average molecular weight is 377 g/mol. The standard InChI is InChI=1S/C18H23N3O4S/c1-20(2)26(23,24)21-10-8-14(9-11-21)18(22)19-16-6-3-5-15(13-16)17-7-4-12-25-17/h3-7,12-14H,8-11H2,1-2H3,(H,19,22). The Morgan fingerprint density at radius 3 is 2.54 bits per heavy atom. The van der Waals surface area contributed by atoms with Crippen LogP contribution in [-0.4, -0.2) is 50.1 Å². The van der Waals surface area contributed by atoms with Crippen molar-refractivity contribution in [2.24, 2.45) is 5.92 Å². The molecule has 1 aromatic carbocycles. The summed E-state index contributed by atoms with van der Waals surface area (Å²) in [6, 6.07) is 11.1. The zero-order valence-electron chi connectivity index (χ0n) is 14.9. The van der Waals surface area contributed by atoms with Gasteiger partial charge < -0.3 is 9.73 Å². The molecule has 0 spiro atoms. The fourth-order valence-electron chi connectivity index (χ4n) is 3.02. The van der Waals surface area contributed by atoms with E-state index in [4.69, 9.17) is 4.42 Å². The first-order valence-corrected chi connectivity index (χ1v) is 9.90. The van der Waals surface area contributed by atoms with Crippen LogP contribution in [0.3, 0.4) is 0 Å². The van der Waals surface area contributed by atoms with Crippen molar-refractivity contribution >= 4 is 21.8 Å². The summed E-state index contributed by atoms with van der Waals surface area (Å²) >= 11 is 0. The van der Waals surface area contributed by atoms with Crippen molar-refractivity contribution < 1.29 is 17.6 Å². The van der Waals surface area contributed by atoms with Crippen molar-refractivity contribution in [3.8, 4) is 11.3 Å². The minimum absolute atomic E-state index is 0.0801. The van der Waals surface area contributed by atoms with Crippen LogP contribution in [0.2, 0.25) is 0 Å². The number of benzene rings is 1. The Hall–Kier alpha value is -2.16. The highest BCUT2D eigenvalue weighted by atomic mass is 32.2. The molecule has 7 nitrogen and oxygen atoms in total. The minimum Gasteiger partial charge on any atom is -0.464 e. The van der Waals surface area contributed by atoms with Crippen LogP contribution < -0.4 is 5.32 Å². The number of furan rings is 1. The molecule has 1 aliphatic heterocycles. The van der Waals surface area contributed by atoms with Crippen LogP contribution in [0, 0.1) is 5.92 Å². The molecular weight excluding hydrogens is 354 g/mol. The van der Waals surface area contributed by atoms with Crippen LogP contribution >= 0.6 is 0 Å². The second-order valence-corrected chi connectivity index (χ2v) is 8.65. The summed E-state index contributed by atoms with van der Waals surface area (Å²) < 4.78 is 32.3. The van der Waals surface area contributed by atoms with E-state index in [-0.39, 0.29) is 11.8 Å². The molecule has 1 amide bonds. The van der Waals surface area contributed by atoms with Crippen molar-refractivity contribution in [2.45, 2.75) is 12.8 Å². The maximum atomic E-state index is 12.5. The molecule has 0 aliphatic carbocycles. The second-order valence-electron chi connectivity index (χ2n) is 6.51. The van der Waals surface area contributed by atoms with Crippen LogP contribution in [0.4, 0.5) is 5.69 Å². The molecule has 0 radical (unpaired) electrons. The normalized spacial score (nSPS) is 16.7. The van der Waals surface area contributed by atoms with Crippen molar-refractivity contribution in [2.75, 3.05) is 32.5 Å². The maximum Gasteiger partial charge on any atom is 0.281 e. The third kappa shape index (κ3) is 3.98. The van der Waals surface area contributed by atoms with Crippen molar-refractivity contribution in [3.05, 3.63) is 42.7 Å². The van der Waals surface area contributed by atoms with Gasteiger partial charge in [0.15, 0.2) is 0 Å². The van der Waals surface area contributed by atoms with Gasteiger partial charge in [-0.2, -0.15) is 17.0 Å². The van der Waals surface area contributed by atoms with Crippen LogP contribution in [0.5, 0.6) is 0 Å². The monoisotopic (exact) mass is 377 g/mol. The van der Waals surface area contributed by atoms with E-state index < -0.39 is 10.2 Å². The van der Waals surface area contributed by atoms with Crippen molar-refractivity contribution in [3.63, 3.8) is 0 Å². The molecule has 140 valence electrons. The Morgan fingerprint density at radius 2 is 1.92 bits per heavy atom. The predicted molar refractivity (Wildman–Crippen MR) is 99.7 cm³/mol. The second kappa shape index (κ2) is 7.61. The highest BCUT2D eigenvalue weighted by Gasteiger charge is 2.32. The van der Waals surface area contributed by atoms with Gasteiger partial charge in [-0.15, -0.1) is 0 Å². The van der Waals surface area contributed by atoms with Crippen LogP contribution in [0.15, 0.2) is 47.1 Å². The lowest BCUT2D eigenvalue weighted by Crippen LogP contribution is -2.46. The van der Waals surface area contributed by atoms with Crippen LogP contribution in [-0.2, 0) is 15.0 Å². The van der Waals surface area contributed by atoms with E-state index in [9.17, 15) is 13.2 Å². The maximum absolute atomic E-state index is 12.5. The molecule has 2 aromatic rings. The number of carbonyl (C=O) groups excluding carboxylic acids is 1. The summed E-state index contributed by atoms with van der Waals surface area (Å²) in [6.45, 7) is 0.704. The molecule has 1 fully saturated rings. The quantitative estimate of drug-likeness (QED) is 0.867. The van der Waals surface area contributed by atoms with Gasteiger partial charge in [0.2, 0.25) is 5.91 Å². The first-order valence-electron chi connectivity index (χ1n) is 8.50. The van der Waals surface area contributed by atoms with E-state index in [1.165, 1.54) is 22.7 Å². The van der Waals surface area contributed by atoms with Gasteiger partial charge >= 0.3 is 0 Å². The summed E-state index contributed by atoms with van der Waals surface area (Å²) in [4.78, 5) is 12.5. The Bertz CT molecular complexity index is 854. The minimum atomic E-state index is -3.41. The number of anilines is 1. The molecular formula is C18H23N3O4S. The van der Waals surface area contributed by atoms with E-state index in [2.05, 4.69) is 5.32 Å². The SMILES string of the molecule is CN(C)S(=O)(=O)N1CCC(C(=O)Nc2cccc(-c3ccco3)c2)CC1. The highest BCUT2D eigenvalue weighted by Crippen LogP contribution is 2.25. The molecule has 1 saturated heterocycles. The molecule has 0 saturated carbocycles. The number of nitrogens with zero attached hydrogens (tertiary/aromatic N) is 2. The number of nitrogens with one attached hydrogen (secondary N) is 1. The fraction of sp³-hybridized carbons (Fsp3) is 0.389. The zero-order valence-corrected chi connectivity index (χ0v) is 15.7. The van der Waals surface area contributed by atoms with Gasteiger partial charge in [-0.05, 0) is 37.1 Å². The largest absolute Gasteiger partial charge is 0.464 e. The molecule has 1 aliphatic rings.